The van der Waals surface area contributed by atoms with Crippen LogP contribution >= 0.6 is 0 Å². The average molecular weight is 813 g/mol. The summed E-state index contributed by atoms with van der Waals surface area (Å²) >= 11 is 0. The molecule has 0 saturated carbocycles. The van der Waals surface area contributed by atoms with Crippen LogP contribution in [0.1, 0.15) is 70.8 Å². The summed E-state index contributed by atoms with van der Waals surface area (Å²) in [5.41, 5.74) is 4.47. The molecule has 59 heavy (non-hydrogen) atoms. The highest BCUT2D eigenvalue weighted by atomic mass is 19.2. The molecule has 0 bridgehead atoms. The monoisotopic (exact) mass is 812 g/mol. The fraction of sp³-hybridized carbons (Fsp3) is 0.289. The Bertz CT molecular complexity index is 2510. The Balaban J connectivity index is 0.992. The molecule has 2 aliphatic rings. The lowest BCUT2D eigenvalue weighted by Gasteiger charge is -2.44. The Morgan fingerprint density at radius 3 is 2.12 bits per heavy atom. The van der Waals surface area contributed by atoms with Gasteiger partial charge in [0.05, 0.1) is 29.8 Å². The van der Waals surface area contributed by atoms with Gasteiger partial charge in [-0.05, 0) is 52.8 Å². The smallest absolute Gasteiger partial charge is 0.326 e. The van der Waals surface area contributed by atoms with Gasteiger partial charge in [-0.25, -0.2) is 26.7 Å². The minimum atomic E-state index is -2.34. The number of benzene rings is 5. The Kier molecular flexibility index (Phi) is 11.5. The number of aromatic amines is 1. The Morgan fingerprint density at radius 2 is 1.42 bits per heavy atom. The van der Waals surface area contributed by atoms with E-state index in [0.717, 1.165) is 59.2 Å². The Labute approximate surface area is 336 Å². The number of nitrogens with zero attached hydrogens (tertiary/aromatic N) is 2. The molecule has 6 aromatic rings. The molecule has 3 N–H and O–H groups in total. The summed E-state index contributed by atoms with van der Waals surface area (Å²) in [5, 5.41) is 11.9. The molecular formula is C45H41F5N4O5. The number of carbonyl (C=O) groups excluding carboxylic acids is 1. The first kappa shape index (κ1) is 40.1. The molecule has 14 heteroatoms. The topological polar surface area (TPSA) is 109 Å². The molecule has 4 unspecified atom stereocenters. The van der Waals surface area contributed by atoms with Crippen molar-refractivity contribution in [3.05, 3.63) is 164 Å². The zero-order chi connectivity index (χ0) is 41.4. The quantitative estimate of drug-likeness (QED) is 0.0731. The van der Waals surface area contributed by atoms with Crippen LogP contribution in [-0.2, 0) is 22.6 Å². The number of carbonyl (C=O) groups is 1. The van der Waals surface area contributed by atoms with Gasteiger partial charge < -0.3 is 29.8 Å². The number of likely N-dealkylation sites (tertiary alicyclic amines) is 1. The van der Waals surface area contributed by atoms with E-state index in [0.29, 0.717) is 17.7 Å². The van der Waals surface area contributed by atoms with Gasteiger partial charge in [0.2, 0.25) is 5.82 Å². The van der Waals surface area contributed by atoms with Crippen LogP contribution in [0.5, 0.6) is 0 Å². The first-order valence-electron chi connectivity index (χ1n) is 19.4. The second-order valence-corrected chi connectivity index (χ2v) is 15.1. The number of amides is 1. The van der Waals surface area contributed by atoms with Crippen molar-refractivity contribution in [2.45, 2.75) is 57.5 Å². The summed E-state index contributed by atoms with van der Waals surface area (Å²) in [6, 6.07) is 29.8. The molecule has 2 aliphatic heterocycles. The van der Waals surface area contributed by atoms with Gasteiger partial charge in [-0.1, -0.05) is 91.9 Å². The summed E-state index contributed by atoms with van der Waals surface area (Å²) in [7, 11) is 0. The molecule has 0 radical (unpaired) electrons. The van der Waals surface area contributed by atoms with Crippen molar-refractivity contribution in [3.63, 3.8) is 0 Å². The highest BCUT2D eigenvalue weighted by molar-refractivity contribution is 5.95. The third-order valence-electron chi connectivity index (χ3n) is 11.5. The van der Waals surface area contributed by atoms with Crippen molar-refractivity contribution in [2.75, 3.05) is 19.6 Å². The number of aliphatic hydroxyl groups is 1. The second kappa shape index (κ2) is 16.9. The maximum atomic E-state index is 14.3. The van der Waals surface area contributed by atoms with Crippen LogP contribution in [-0.4, -0.2) is 51.2 Å². The SMILES string of the molecule is CC1C(CN2CCC(n3c(=O)[nH]c4ccccc43)CC2)OC(c2ccc(-c3ccccc3CNC(=O)c3c(F)c(F)c(F)c(F)c3F)cc2)OC1c1ccc(CO)cc1. The molecule has 4 atom stereocenters. The summed E-state index contributed by atoms with van der Waals surface area (Å²) in [6.07, 6.45) is 0.295. The van der Waals surface area contributed by atoms with Gasteiger partial charge >= 0.3 is 5.69 Å². The number of hydrogen-bond donors (Lipinski definition) is 3. The fourth-order valence-corrected chi connectivity index (χ4v) is 8.22. The highest BCUT2D eigenvalue weighted by Gasteiger charge is 2.40. The maximum absolute atomic E-state index is 14.3. The lowest BCUT2D eigenvalue weighted by atomic mass is 9.89. The van der Waals surface area contributed by atoms with Crippen LogP contribution in [0.3, 0.4) is 0 Å². The largest absolute Gasteiger partial charge is 0.392 e. The lowest BCUT2D eigenvalue weighted by Crippen LogP contribution is -2.47. The number of rotatable bonds is 10. The third kappa shape index (κ3) is 7.93. The van der Waals surface area contributed by atoms with Crippen LogP contribution in [0.4, 0.5) is 22.0 Å². The van der Waals surface area contributed by atoms with Crippen molar-refractivity contribution in [3.8, 4) is 11.1 Å². The van der Waals surface area contributed by atoms with Crippen molar-refractivity contribution >= 4 is 16.9 Å². The first-order chi connectivity index (χ1) is 28.5. The molecule has 2 saturated heterocycles. The van der Waals surface area contributed by atoms with Gasteiger partial charge in [0.1, 0.15) is 5.56 Å². The zero-order valence-electron chi connectivity index (χ0n) is 31.9. The van der Waals surface area contributed by atoms with E-state index in [2.05, 4.69) is 22.1 Å². The summed E-state index contributed by atoms with van der Waals surface area (Å²) in [6.45, 7) is 3.96. The molecule has 2 fully saturated rings. The van der Waals surface area contributed by atoms with Crippen LogP contribution in [0.25, 0.3) is 22.2 Å². The number of halogens is 5. The summed E-state index contributed by atoms with van der Waals surface area (Å²) in [4.78, 5) is 30.9. The van der Waals surface area contributed by atoms with E-state index in [4.69, 9.17) is 9.47 Å². The summed E-state index contributed by atoms with van der Waals surface area (Å²) < 4.78 is 85.1. The van der Waals surface area contributed by atoms with Gasteiger partial charge in [0, 0.05) is 43.7 Å². The van der Waals surface area contributed by atoms with Gasteiger partial charge in [0.25, 0.3) is 5.91 Å². The van der Waals surface area contributed by atoms with Crippen molar-refractivity contribution in [2.24, 2.45) is 5.92 Å². The molecule has 1 amide bonds. The number of aliphatic hydroxyl groups excluding tert-OH is 1. The van der Waals surface area contributed by atoms with E-state index >= 15 is 0 Å². The molecule has 9 nitrogen and oxygen atoms in total. The van der Waals surface area contributed by atoms with Gasteiger partial charge in [0.15, 0.2) is 29.6 Å². The van der Waals surface area contributed by atoms with E-state index in [9.17, 15) is 36.6 Å². The predicted octanol–water partition coefficient (Wildman–Crippen LogP) is 8.24. The van der Waals surface area contributed by atoms with Crippen LogP contribution in [0.2, 0.25) is 0 Å². The number of nitrogens with one attached hydrogen (secondary N) is 2. The predicted molar refractivity (Wildman–Crippen MR) is 210 cm³/mol. The second-order valence-electron chi connectivity index (χ2n) is 15.1. The zero-order valence-corrected chi connectivity index (χ0v) is 31.9. The molecule has 0 aliphatic carbocycles. The van der Waals surface area contributed by atoms with E-state index < -0.39 is 46.8 Å². The van der Waals surface area contributed by atoms with Gasteiger partial charge in [-0.15, -0.1) is 0 Å². The number of para-hydroxylation sites is 2. The van der Waals surface area contributed by atoms with E-state index in [1.807, 2.05) is 77.4 Å². The van der Waals surface area contributed by atoms with Crippen LogP contribution < -0.4 is 11.0 Å². The highest BCUT2D eigenvalue weighted by Crippen LogP contribution is 2.42. The maximum Gasteiger partial charge on any atom is 0.326 e. The Hall–Kier alpha value is -5.67. The molecule has 5 aromatic carbocycles. The molecular weight excluding hydrogens is 772 g/mol. The minimum Gasteiger partial charge on any atom is -0.392 e. The number of fused-ring (bicyclic) bond motifs is 1. The van der Waals surface area contributed by atoms with E-state index in [-0.39, 0.29) is 43.0 Å². The molecule has 3 heterocycles. The van der Waals surface area contributed by atoms with Crippen LogP contribution in [0, 0.1) is 35.0 Å². The Morgan fingerprint density at radius 1 is 0.797 bits per heavy atom. The molecule has 8 rings (SSSR count). The number of piperidine rings is 1. The molecule has 1 aromatic heterocycles. The third-order valence-corrected chi connectivity index (χ3v) is 11.5. The number of ether oxygens (including phenoxy) is 2. The van der Waals surface area contributed by atoms with Crippen molar-refractivity contribution in [1.29, 1.82) is 0 Å². The first-order valence-corrected chi connectivity index (χ1v) is 19.4. The number of hydrogen-bond acceptors (Lipinski definition) is 6. The van der Waals surface area contributed by atoms with E-state index in [1.165, 1.54) is 0 Å². The lowest BCUT2D eigenvalue weighted by molar-refractivity contribution is -0.276. The fourth-order valence-electron chi connectivity index (χ4n) is 8.22. The molecule has 0 spiro atoms. The minimum absolute atomic E-state index is 0.0496. The summed E-state index contributed by atoms with van der Waals surface area (Å²) in [5.74, 6) is -12.7. The number of imidazole rings is 1. The van der Waals surface area contributed by atoms with E-state index in [1.54, 1.807) is 24.3 Å². The number of H-pyrrole nitrogens is 1. The van der Waals surface area contributed by atoms with Crippen molar-refractivity contribution in [1.82, 2.24) is 19.8 Å². The average Bonchev–Trinajstić information content (AvgIpc) is 3.61. The normalized spacial score (nSPS) is 20.3. The van der Waals surface area contributed by atoms with Gasteiger partial charge in [-0.3, -0.25) is 9.36 Å². The number of aromatic nitrogens is 2. The van der Waals surface area contributed by atoms with Crippen molar-refractivity contribution < 1.29 is 41.3 Å². The van der Waals surface area contributed by atoms with Crippen LogP contribution in [0.15, 0.2) is 102 Å². The van der Waals surface area contributed by atoms with Gasteiger partial charge in [-0.2, -0.15) is 0 Å². The standard InChI is InChI=1S/C45H41F5N4O5/c1-25-35(23-53-20-18-31(19-21-53)54-34-9-5-4-8-33(34)52-45(54)57)58-44(59-42(25)28-12-10-26(24-55)11-13-28)29-16-14-27(15-17-29)32-7-3-2-6-30(32)22-51-43(56)36-37(46)39(48)41(50)40(49)38(36)47/h2-17,25,31,35,42,44,55H,18-24H2,1H3,(H,51,56)(H,52,57). The molecule has 306 valence electrons.